The smallest absolute Gasteiger partial charge is 0.160 e. The first-order chi connectivity index (χ1) is 7.96. The van der Waals surface area contributed by atoms with Crippen molar-refractivity contribution in [1.82, 2.24) is 0 Å². The highest BCUT2D eigenvalue weighted by Gasteiger charge is 2.29. The molecule has 0 aliphatic carbocycles. The summed E-state index contributed by atoms with van der Waals surface area (Å²) in [5, 5.41) is 0.825. The Morgan fingerprint density at radius 3 is 2.47 bits per heavy atom. The van der Waals surface area contributed by atoms with Gasteiger partial charge in [0.2, 0.25) is 0 Å². The average molecular weight is 348 g/mol. The maximum Gasteiger partial charge on any atom is 0.446 e. The molecule has 0 radical (unpaired) electrons. The Balaban J connectivity index is 2.88. The van der Waals surface area contributed by atoms with Gasteiger partial charge in [0.05, 0.1) is 0 Å². The number of thioether (sulfide) groups is 1. The molecule has 17 heavy (non-hydrogen) atoms. The fraction of sp³-hybridized carbons (Fsp3) is 0.455. The van der Waals surface area contributed by atoms with Crippen LogP contribution in [-0.4, -0.2) is 10.8 Å². The summed E-state index contributed by atoms with van der Waals surface area (Å²) in [5.41, 5.74) is -2.44. The van der Waals surface area contributed by atoms with E-state index in [2.05, 4.69) is 15.9 Å². The molecular formula is C11H11BrClF3S. The predicted molar refractivity (Wildman–Crippen MR) is 70.0 cm³/mol. The summed E-state index contributed by atoms with van der Waals surface area (Å²) < 4.78 is 36.7. The number of hydrogen-bond donors (Lipinski definition) is 0. The van der Waals surface area contributed by atoms with E-state index in [1.54, 1.807) is 12.1 Å². The molecule has 0 saturated heterocycles. The minimum atomic E-state index is -4.24. The van der Waals surface area contributed by atoms with E-state index in [1.807, 2.05) is 0 Å². The van der Waals surface area contributed by atoms with Crippen molar-refractivity contribution in [2.45, 2.75) is 29.1 Å². The first-order valence-corrected chi connectivity index (χ1v) is 7.43. The quantitative estimate of drug-likeness (QED) is 0.510. The van der Waals surface area contributed by atoms with Gasteiger partial charge in [-0.2, -0.15) is 13.2 Å². The zero-order valence-corrected chi connectivity index (χ0v) is 12.0. The molecule has 0 spiro atoms. The van der Waals surface area contributed by atoms with Crippen LogP contribution in [0.1, 0.15) is 17.5 Å². The topological polar surface area (TPSA) is 0 Å². The summed E-state index contributed by atoms with van der Waals surface area (Å²) in [5.74, 6) is 0.328. The Hall–Kier alpha value is 0.130. The molecule has 0 amide bonds. The third kappa shape index (κ3) is 5.53. The van der Waals surface area contributed by atoms with Crippen LogP contribution in [0.2, 0.25) is 0 Å². The van der Waals surface area contributed by atoms with Crippen LogP contribution in [0.5, 0.6) is 0 Å². The normalized spacial score (nSPS) is 11.8. The highest BCUT2D eigenvalue weighted by atomic mass is 79.9. The second-order valence-corrected chi connectivity index (χ2v) is 5.60. The van der Waals surface area contributed by atoms with Crippen LogP contribution in [-0.2, 0) is 12.3 Å². The molecule has 0 saturated carbocycles. The van der Waals surface area contributed by atoms with Crippen molar-refractivity contribution in [3.05, 3.63) is 29.3 Å². The third-order valence-electron chi connectivity index (χ3n) is 2.14. The predicted octanol–water partition coefficient (Wildman–Crippen LogP) is 5.36. The Morgan fingerprint density at radius 1 is 1.24 bits per heavy atom. The van der Waals surface area contributed by atoms with Gasteiger partial charge in [0, 0.05) is 16.1 Å². The van der Waals surface area contributed by atoms with Crippen LogP contribution < -0.4 is 0 Å². The molecule has 0 aliphatic heterocycles. The lowest BCUT2D eigenvalue weighted by atomic mass is 10.0. The first-order valence-electron chi connectivity index (χ1n) is 4.95. The monoisotopic (exact) mass is 346 g/mol. The molecule has 0 aliphatic rings. The summed E-state index contributed by atoms with van der Waals surface area (Å²) in [4.78, 5) is 0.218. The molecule has 0 unspecified atom stereocenters. The second-order valence-electron chi connectivity index (χ2n) is 3.40. The van der Waals surface area contributed by atoms with Crippen LogP contribution in [0.3, 0.4) is 0 Å². The molecule has 0 N–H and O–H groups in total. The zero-order valence-electron chi connectivity index (χ0n) is 8.86. The maximum absolute atomic E-state index is 12.2. The van der Waals surface area contributed by atoms with E-state index in [-0.39, 0.29) is 16.7 Å². The molecule has 1 rings (SSSR count). The van der Waals surface area contributed by atoms with Gasteiger partial charge in [-0.25, -0.2) is 0 Å². The standard InChI is InChI=1S/C11H11BrClF3S/c12-5-1-2-8-6-10(17-11(14,15)16)4-3-9(8)7-13/h3-4,6H,1-2,5,7H2. The van der Waals surface area contributed by atoms with Gasteiger partial charge in [-0.1, -0.05) is 22.0 Å². The second kappa shape index (κ2) is 6.90. The molecule has 0 heterocycles. The van der Waals surface area contributed by atoms with Crippen LogP contribution in [0.25, 0.3) is 0 Å². The Labute approximate surface area is 116 Å². The zero-order chi connectivity index (χ0) is 12.9. The number of rotatable bonds is 5. The largest absolute Gasteiger partial charge is 0.446 e. The molecule has 1 aromatic carbocycles. The van der Waals surface area contributed by atoms with Crippen molar-refractivity contribution in [2.24, 2.45) is 0 Å². The first kappa shape index (κ1) is 15.2. The van der Waals surface area contributed by atoms with Crippen LogP contribution >= 0.6 is 39.3 Å². The van der Waals surface area contributed by atoms with Gasteiger partial charge < -0.3 is 0 Å². The van der Waals surface area contributed by atoms with Gasteiger partial charge in [-0.3, -0.25) is 0 Å². The van der Waals surface area contributed by atoms with Crippen molar-refractivity contribution < 1.29 is 13.2 Å². The minimum Gasteiger partial charge on any atom is -0.160 e. The number of aryl methyl sites for hydroxylation is 1. The molecule has 0 atom stereocenters. The van der Waals surface area contributed by atoms with Crippen molar-refractivity contribution in [1.29, 1.82) is 0 Å². The molecular weight excluding hydrogens is 337 g/mol. The molecule has 0 aromatic heterocycles. The molecule has 96 valence electrons. The highest BCUT2D eigenvalue weighted by molar-refractivity contribution is 9.09. The number of alkyl halides is 5. The molecule has 0 nitrogen and oxygen atoms in total. The van der Waals surface area contributed by atoms with Crippen molar-refractivity contribution in [3.63, 3.8) is 0 Å². The van der Waals surface area contributed by atoms with E-state index in [4.69, 9.17) is 11.6 Å². The lowest BCUT2D eigenvalue weighted by Gasteiger charge is -2.10. The van der Waals surface area contributed by atoms with Gasteiger partial charge >= 0.3 is 5.51 Å². The SMILES string of the molecule is FC(F)(F)Sc1ccc(CCl)c(CCCBr)c1. The van der Waals surface area contributed by atoms with E-state index in [0.717, 1.165) is 29.3 Å². The van der Waals surface area contributed by atoms with Crippen molar-refractivity contribution >= 4 is 39.3 Å². The Bertz CT molecular complexity index is 368. The van der Waals surface area contributed by atoms with Gasteiger partial charge in [0.1, 0.15) is 0 Å². The number of benzene rings is 1. The van der Waals surface area contributed by atoms with Crippen molar-refractivity contribution in [2.75, 3.05) is 5.33 Å². The van der Waals surface area contributed by atoms with E-state index < -0.39 is 5.51 Å². The van der Waals surface area contributed by atoms with E-state index in [1.165, 1.54) is 6.07 Å². The summed E-state index contributed by atoms with van der Waals surface area (Å²) in [6.07, 6.45) is 1.61. The molecule has 6 heteroatoms. The summed E-state index contributed by atoms with van der Waals surface area (Å²) in [7, 11) is 0. The Morgan fingerprint density at radius 2 is 1.94 bits per heavy atom. The van der Waals surface area contributed by atoms with E-state index in [0.29, 0.717) is 5.88 Å². The number of halogens is 5. The van der Waals surface area contributed by atoms with E-state index in [9.17, 15) is 13.2 Å². The summed E-state index contributed by atoms with van der Waals surface area (Å²) in [6.45, 7) is 0. The van der Waals surface area contributed by atoms with Crippen molar-refractivity contribution in [3.8, 4) is 0 Å². The molecule has 1 aromatic rings. The lowest BCUT2D eigenvalue weighted by molar-refractivity contribution is -0.0328. The van der Waals surface area contributed by atoms with E-state index >= 15 is 0 Å². The Kier molecular flexibility index (Phi) is 6.17. The van der Waals surface area contributed by atoms with Crippen LogP contribution in [0.15, 0.2) is 23.1 Å². The summed E-state index contributed by atoms with van der Waals surface area (Å²) in [6, 6.07) is 4.72. The van der Waals surface area contributed by atoms with Gasteiger partial charge in [0.15, 0.2) is 0 Å². The van der Waals surface area contributed by atoms with Gasteiger partial charge in [-0.15, -0.1) is 11.6 Å². The highest BCUT2D eigenvalue weighted by Crippen LogP contribution is 2.37. The van der Waals surface area contributed by atoms with Crippen LogP contribution in [0.4, 0.5) is 13.2 Å². The van der Waals surface area contributed by atoms with Crippen LogP contribution in [0, 0.1) is 0 Å². The fourth-order valence-electron chi connectivity index (χ4n) is 1.42. The third-order valence-corrected chi connectivity index (χ3v) is 3.70. The summed E-state index contributed by atoms with van der Waals surface area (Å²) >= 11 is 8.97. The lowest BCUT2D eigenvalue weighted by Crippen LogP contribution is -2.00. The maximum atomic E-state index is 12.2. The molecule has 0 fully saturated rings. The van der Waals surface area contributed by atoms with Gasteiger partial charge in [0.25, 0.3) is 0 Å². The molecule has 0 bridgehead atoms. The number of hydrogen-bond acceptors (Lipinski definition) is 1. The average Bonchev–Trinajstić information content (AvgIpc) is 2.24. The van der Waals surface area contributed by atoms with Gasteiger partial charge in [-0.05, 0) is 47.9 Å². The minimum absolute atomic E-state index is 0.0872. The fourth-order valence-corrected chi connectivity index (χ4v) is 2.57.